The summed E-state index contributed by atoms with van der Waals surface area (Å²) in [6.45, 7) is 0.591. The lowest BCUT2D eigenvalue weighted by molar-refractivity contribution is -0.384. The number of rotatable bonds is 7. The number of nitro benzene ring substituents is 1. The molecule has 2 N–H and O–H groups in total. The van der Waals surface area contributed by atoms with E-state index in [0.717, 1.165) is 0 Å². The van der Waals surface area contributed by atoms with Crippen LogP contribution in [0.15, 0.2) is 35.1 Å². The molecule has 0 saturated carbocycles. The molecule has 0 aliphatic carbocycles. The van der Waals surface area contributed by atoms with Crippen LogP contribution in [0.3, 0.4) is 0 Å². The number of non-ortho nitro benzene ring substituents is 1. The number of hydrazine groups is 1. The van der Waals surface area contributed by atoms with Gasteiger partial charge in [0.05, 0.1) is 16.8 Å². The van der Waals surface area contributed by atoms with Crippen molar-refractivity contribution in [3.8, 4) is 0 Å². The molecule has 22 heavy (non-hydrogen) atoms. The maximum Gasteiger partial charge on any atom is 0.271 e. The summed E-state index contributed by atoms with van der Waals surface area (Å²) in [6, 6.07) is 4.24. The molecule has 1 amide bonds. The summed E-state index contributed by atoms with van der Waals surface area (Å²) in [5.74, 6) is -0.224. The van der Waals surface area contributed by atoms with E-state index in [1.807, 2.05) is 0 Å². The highest BCUT2D eigenvalue weighted by molar-refractivity contribution is 9.10. The second-order valence-electron chi connectivity index (χ2n) is 4.36. The molecule has 0 unspecified atom stereocenters. The number of hydrogen-bond donors (Lipinski definition) is 2. The third-order valence-corrected chi connectivity index (χ3v) is 3.45. The van der Waals surface area contributed by atoms with Gasteiger partial charge in [-0.25, -0.2) is 0 Å². The number of nitrogens with one attached hydrogen (secondary N) is 2. The van der Waals surface area contributed by atoms with Gasteiger partial charge in [0.15, 0.2) is 0 Å². The average Bonchev–Trinajstić information content (AvgIpc) is 2.99. The van der Waals surface area contributed by atoms with Crippen LogP contribution in [0.1, 0.15) is 12.8 Å². The van der Waals surface area contributed by atoms with Gasteiger partial charge in [0.25, 0.3) is 5.69 Å². The minimum absolute atomic E-state index is 0.0638. The van der Waals surface area contributed by atoms with Gasteiger partial charge in [-0.05, 0) is 28.4 Å². The van der Waals surface area contributed by atoms with Crippen LogP contribution in [0, 0.1) is 10.1 Å². The predicted molar refractivity (Wildman–Crippen MR) is 81.8 cm³/mol. The molecule has 0 radical (unpaired) electrons. The first-order valence-corrected chi connectivity index (χ1v) is 7.18. The minimum Gasteiger partial charge on any atom is -0.297 e. The van der Waals surface area contributed by atoms with Crippen LogP contribution in [0.4, 0.5) is 11.4 Å². The Morgan fingerprint density at radius 1 is 1.45 bits per heavy atom. The van der Waals surface area contributed by atoms with Crippen LogP contribution >= 0.6 is 15.9 Å². The lowest BCUT2D eigenvalue weighted by Gasteiger charge is -2.10. The van der Waals surface area contributed by atoms with Gasteiger partial charge in [-0.15, -0.1) is 5.10 Å². The fourth-order valence-corrected chi connectivity index (χ4v) is 2.02. The van der Waals surface area contributed by atoms with Crippen molar-refractivity contribution >= 4 is 33.2 Å². The molecule has 116 valence electrons. The van der Waals surface area contributed by atoms with Crippen LogP contribution in [0.25, 0.3) is 0 Å². The van der Waals surface area contributed by atoms with Crippen molar-refractivity contribution in [1.29, 1.82) is 0 Å². The third-order valence-electron chi connectivity index (χ3n) is 2.76. The molecular formula is C12H13BrN6O3. The average molecular weight is 369 g/mol. The molecule has 0 aliphatic rings. The Kier molecular flexibility index (Phi) is 5.42. The molecule has 0 aliphatic heterocycles. The van der Waals surface area contributed by atoms with E-state index in [1.165, 1.54) is 18.2 Å². The fraction of sp³-hybridized carbons (Fsp3) is 0.250. The van der Waals surface area contributed by atoms with Crippen LogP contribution in [-0.2, 0) is 11.3 Å². The molecule has 0 spiro atoms. The molecule has 1 aromatic carbocycles. The molecule has 0 fully saturated rings. The molecule has 1 heterocycles. The maximum absolute atomic E-state index is 11.7. The number of nitrogens with zero attached hydrogens (tertiary/aromatic N) is 4. The summed E-state index contributed by atoms with van der Waals surface area (Å²) < 4.78 is 2.25. The Hall–Kier alpha value is -2.49. The minimum atomic E-state index is -0.502. The lowest BCUT2D eigenvalue weighted by Crippen LogP contribution is -2.29. The van der Waals surface area contributed by atoms with E-state index in [2.05, 4.69) is 37.1 Å². The van der Waals surface area contributed by atoms with E-state index < -0.39 is 4.92 Å². The Balaban J connectivity index is 1.80. The van der Waals surface area contributed by atoms with Gasteiger partial charge in [0.1, 0.15) is 0 Å². The quantitative estimate of drug-likeness (QED) is 0.569. The van der Waals surface area contributed by atoms with Crippen molar-refractivity contribution in [2.45, 2.75) is 19.4 Å². The van der Waals surface area contributed by atoms with Crippen molar-refractivity contribution < 1.29 is 9.72 Å². The van der Waals surface area contributed by atoms with E-state index >= 15 is 0 Å². The Morgan fingerprint density at radius 3 is 2.95 bits per heavy atom. The number of carbonyl (C=O) groups is 1. The summed E-state index contributed by atoms with van der Waals surface area (Å²) >= 11 is 3.25. The van der Waals surface area contributed by atoms with Crippen LogP contribution in [0.2, 0.25) is 0 Å². The molecule has 0 atom stereocenters. The smallest absolute Gasteiger partial charge is 0.271 e. The van der Waals surface area contributed by atoms with Gasteiger partial charge < -0.3 is 0 Å². The van der Waals surface area contributed by atoms with Crippen molar-refractivity contribution in [2.75, 3.05) is 5.43 Å². The molecule has 9 nitrogen and oxygen atoms in total. The monoisotopic (exact) mass is 368 g/mol. The number of amides is 1. The van der Waals surface area contributed by atoms with Crippen molar-refractivity contribution in [1.82, 2.24) is 20.4 Å². The molecule has 10 heteroatoms. The lowest BCUT2D eigenvalue weighted by atomic mass is 10.3. The first-order valence-electron chi connectivity index (χ1n) is 6.39. The summed E-state index contributed by atoms with van der Waals surface area (Å²) in [5, 5.41) is 18.2. The predicted octanol–water partition coefficient (Wildman–Crippen LogP) is 1.87. The fourth-order valence-electron chi connectivity index (χ4n) is 1.68. The number of nitro groups is 1. The largest absolute Gasteiger partial charge is 0.297 e. The van der Waals surface area contributed by atoms with Crippen molar-refractivity contribution in [3.05, 3.63) is 45.2 Å². The summed E-state index contributed by atoms with van der Waals surface area (Å²) in [4.78, 5) is 21.9. The first-order chi connectivity index (χ1) is 10.6. The van der Waals surface area contributed by atoms with Gasteiger partial charge >= 0.3 is 0 Å². The van der Waals surface area contributed by atoms with Gasteiger partial charge in [-0.1, -0.05) is 5.21 Å². The highest BCUT2D eigenvalue weighted by Crippen LogP contribution is 2.26. The topological polar surface area (TPSA) is 115 Å². The second kappa shape index (κ2) is 7.50. The first kappa shape index (κ1) is 15.9. The van der Waals surface area contributed by atoms with E-state index in [4.69, 9.17) is 0 Å². The van der Waals surface area contributed by atoms with E-state index in [9.17, 15) is 14.9 Å². The van der Waals surface area contributed by atoms with E-state index in [0.29, 0.717) is 29.5 Å². The van der Waals surface area contributed by atoms with Crippen molar-refractivity contribution in [2.24, 2.45) is 0 Å². The number of benzene rings is 1. The highest BCUT2D eigenvalue weighted by atomic mass is 79.9. The van der Waals surface area contributed by atoms with Crippen molar-refractivity contribution in [3.63, 3.8) is 0 Å². The van der Waals surface area contributed by atoms with Gasteiger partial charge in [0.2, 0.25) is 5.91 Å². The summed E-state index contributed by atoms with van der Waals surface area (Å²) in [6.07, 6.45) is 4.18. The summed E-state index contributed by atoms with van der Waals surface area (Å²) in [5.41, 5.74) is 5.52. The third kappa shape index (κ3) is 4.52. The second-order valence-corrected chi connectivity index (χ2v) is 5.22. The molecule has 0 bridgehead atoms. The molecular weight excluding hydrogens is 356 g/mol. The zero-order valence-electron chi connectivity index (χ0n) is 11.4. The van der Waals surface area contributed by atoms with E-state index in [-0.39, 0.29) is 11.6 Å². The maximum atomic E-state index is 11.7. The number of halogens is 1. The molecule has 0 saturated heterocycles. The zero-order valence-corrected chi connectivity index (χ0v) is 13.0. The van der Waals surface area contributed by atoms with Gasteiger partial charge in [0, 0.05) is 35.8 Å². The highest BCUT2D eigenvalue weighted by Gasteiger charge is 2.10. The Bertz CT molecular complexity index is 661. The number of anilines is 1. The standard InChI is InChI=1S/C12H13BrN6O3/c13-10-4-3-9(19(21)22)8-11(10)15-16-12(20)2-1-6-18-7-5-14-17-18/h3-5,7-8,15H,1-2,6H2,(H,16,20). The van der Waals surface area contributed by atoms with Crippen LogP contribution < -0.4 is 10.9 Å². The number of aromatic nitrogens is 3. The normalized spacial score (nSPS) is 10.2. The molecule has 2 aromatic rings. The number of carbonyl (C=O) groups excluding carboxylic acids is 1. The van der Waals surface area contributed by atoms with E-state index in [1.54, 1.807) is 17.1 Å². The molecule has 1 aromatic heterocycles. The number of aryl methyl sites for hydroxylation is 1. The summed E-state index contributed by atoms with van der Waals surface area (Å²) in [7, 11) is 0. The molecule has 2 rings (SSSR count). The van der Waals surface area contributed by atoms with Crippen LogP contribution in [0.5, 0.6) is 0 Å². The Labute approximate surface area is 133 Å². The number of hydrogen-bond acceptors (Lipinski definition) is 6. The van der Waals surface area contributed by atoms with Gasteiger partial charge in [-0.3, -0.25) is 30.4 Å². The Morgan fingerprint density at radius 2 is 2.27 bits per heavy atom. The SMILES string of the molecule is O=C(CCCn1ccnn1)NNc1cc([N+](=O)[O-])ccc1Br. The van der Waals surface area contributed by atoms with Crippen LogP contribution in [-0.4, -0.2) is 25.8 Å². The zero-order chi connectivity index (χ0) is 15.9. The van der Waals surface area contributed by atoms with Gasteiger partial charge in [-0.2, -0.15) is 0 Å².